The summed E-state index contributed by atoms with van der Waals surface area (Å²) in [5.41, 5.74) is 0.750. The van der Waals surface area contributed by atoms with Crippen LogP contribution in [-0.4, -0.2) is 56.7 Å². The first-order chi connectivity index (χ1) is 12.3. The monoisotopic (exact) mass is 364 g/mol. The summed E-state index contributed by atoms with van der Waals surface area (Å²) < 4.78 is 28.8. The number of benzene rings is 1. The first-order valence-corrected chi connectivity index (χ1v) is 8.02. The van der Waals surface area contributed by atoms with Crippen LogP contribution in [0.15, 0.2) is 36.5 Å². The second-order valence-electron chi connectivity index (χ2n) is 6.20. The molecule has 1 aliphatic heterocycles. The van der Waals surface area contributed by atoms with Gasteiger partial charge in [-0.1, -0.05) is 6.07 Å². The van der Waals surface area contributed by atoms with E-state index in [2.05, 4.69) is 10.4 Å². The third-order valence-electron chi connectivity index (χ3n) is 4.16. The number of carbonyl (C=O) groups is 2. The van der Waals surface area contributed by atoms with Crippen LogP contribution in [0, 0.1) is 0 Å². The lowest BCUT2D eigenvalue weighted by molar-refractivity contribution is -0.142. The summed E-state index contributed by atoms with van der Waals surface area (Å²) in [5, 5.41) is 15.9. The number of alkyl halides is 2. The molecule has 0 bridgehead atoms. The zero-order valence-electron chi connectivity index (χ0n) is 14.0. The fraction of sp³-hybridized carbons (Fsp3) is 0.353. The number of nitrogens with one attached hydrogen (secondary N) is 1. The number of aliphatic hydroxyl groups excluding tert-OH is 1. The van der Waals surface area contributed by atoms with Gasteiger partial charge >= 0.3 is 0 Å². The molecule has 0 spiro atoms. The summed E-state index contributed by atoms with van der Waals surface area (Å²) in [7, 11) is 1.68. The maximum atomic E-state index is 13.7. The third kappa shape index (κ3) is 3.72. The molecular weight excluding hydrogens is 346 g/mol. The Bertz CT molecular complexity index is 837. The Kier molecular flexibility index (Phi) is 4.73. The average Bonchev–Trinajstić information content (AvgIpc) is 3.03. The highest BCUT2D eigenvalue weighted by molar-refractivity contribution is 6.03. The van der Waals surface area contributed by atoms with E-state index >= 15 is 0 Å². The number of aromatic nitrogens is 2. The van der Waals surface area contributed by atoms with E-state index < -0.39 is 30.4 Å². The largest absolute Gasteiger partial charge is 0.387 e. The Morgan fingerprint density at radius 3 is 2.77 bits per heavy atom. The zero-order valence-corrected chi connectivity index (χ0v) is 14.0. The summed E-state index contributed by atoms with van der Waals surface area (Å²) >= 11 is 0. The molecule has 138 valence electrons. The van der Waals surface area contributed by atoms with Crippen molar-refractivity contribution in [1.82, 2.24) is 14.7 Å². The highest BCUT2D eigenvalue weighted by Crippen LogP contribution is 2.28. The first kappa shape index (κ1) is 18.0. The van der Waals surface area contributed by atoms with Gasteiger partial charge in [-0.15, -0.1) is 0 Å². The molecule has 7 nitrogen and oxygen atoms in total. The number of halogens is 2. The van der Waals surface area contributed by atoms with E-state index in [4.69, 9.17) is 0 Å². The Hall–Kier alpha value is -2.81. The van der Waals surface area contributed by atoms with Crippen LogP contribution in [-0.2, 0) is 7.05 Å². The van der Waals surface area contributed by atoms with Gasteiger partial charge < -0.3 is 15.3 Å². The number of aliphatic hydroxyl groups is 1. The van der Waals surface area contributed by atoms with E-state index in [1.54, 1.807) is 31.4 Å². The highest BCUT2D eigenvalue weighted by Gasteiger charge is 2.45. The van der Waals surface area contributed by atoms with Crippen molar-refractivity contribution in [2.24, 2.45) is 7.05 Å². The van der Waals surface area contributed by atoms with Crippen molar-refractivity contribution in [2.45, 2.75) is 18.4 Å². The minimum absolute atomic E-state index is 0.0418. The molecule has 0 aliphatic carbocycles. The SMILES string of the molecule is Cn1ccc(C(=O)Nc2cccc(C(=O)N3CCC(O)C(F)(F)C3)c2)n1. The molecule has 2 N–H and O–H groups in total. The van der Waals surface area contributed by atoms with Gasteiger partial charge in [0.2, 0.25) is 0 Å². The molecule has 1 aliphatic rings. The van der Waals surface area contributed by atoms with Gasteiger partial charge in [0.05, 0.1) is 6.54 Å². The van der Waals surface area contributed by atoms with Crippen LogP contribution in [0.5, 0.6) is 0 Å². The number of piperidine rings is 1. The molecule has 1 aromatic heterocycles. The number of likely N-dealkylation sites (tertiary alicyclic amines) is 1. The van der Waals surface area contributed by atoms with Crippen LogP contribution in [0.4, 0.5) is 14.5 Å². The summed E-state index contributed by atoms with van der Waals surface area (Å²) in [6.45, 7) is -0.794. The number of hydrogen-bond acceptors (Lipinski definition) is 4. The van der Waals surface area contributed by atoms with Crippen LogP contribution >= 0.6 is 0 Å². The maximum Gasteiger partial charge on any atom is 0.290 e. The van der Waals surface area contributed by atoms with Gasteiger partial charge in [-0.3, -0.25) is 14.3 Å². The topological polar surface area (TPSA) is 87.5 Å². The lowest BCUT2D eigenvalue weighted by atomic mass is 10.0. The molecule has 1 aromatic carbocycles. The van der Waals surface area contributed by atoms with Gasteiger partial charge in [-0.25, -0.2) is 8.78 Å². The van der Waals surface area contributed by atoms with Crippen molar-refractivity contribution in [3.05, 3.63) is 47.8 Å². The Morgan fingerprint density at radius 2 is 2.12 bits per heavy atom. The number of anilines is 1. The van der Waals surface area contributed by atoms with Gasteiger partial charge in [-0.2, -0.15) is 5.10 Å². The molecule has 2 aromatic rings. The lowest BCUT2D eigenvalue weighted by Gasteiger charge is -2.35. The van der Waals surface area contributed by atoms with Crippen molar-refractivity contribution >= 4 is 17.5 Å². The van der Waals surface area contributed by atoms with Crippen molar-refractivity contribution < 1.29 is 23.5 Å². The van der Waals surface area contributed by atoms with Gasteiger partial charge in [0.15, 0.2) is 5.69 Å². The molecule has 2 amide bonds. The van der Waals surface area contributed by atoms with Crippen LogP contribution < -0.4 is 5.32 Å². The van der Waals surface area contributed by atoms with Crippen LogP contribution in [0.2, 0.25) is 0 Å². The standard InChI is InChI=1S/C17H18F2N4O3/c1-22-7-5-13(21-22)15(25)20-12-4-2-3-11(9-12)16(26)23-8-6-14(24)17(18,19)10-23/h2-5,7,9,14,24H,6,8,10H2,1H3,(H,20,25). The second-order valence-corrected chi connectivity index (χ2v) is 6.20. The molecule has 3 rings (SSSR count). The number of aryl methyl sites for hydroxylation is 1. The minimum atomic E-state index is -3.33. The number of carbonyl (C=O) groups excluding carboxylic acids is 2. The number of nitrogens with zero attached hydrogens (tertiary/aromatic N) is 3. The quantitative estimate of drug-likeness (QED) is 0.864. The van der Waals surface area contributed by atoms with Crippen molar-refractivity contribution in [3.63, 3.8) is 0 Å². The Morgan fingerprint density at radius 1 is 1.35 bits per heavy atom. The normalized spacial score (nSPS) is 19.2. The molecule has 1 saturated heterocycles. The van der Waals surface area contributed by atoms with Crippen molar-refractivity contribution in [2.75, 3.05) is 18.4 Å². The third-order valence-corrected chi connectivity index (χ3v) is 4.16. The lowest BCUT2D eigenvalue weighted by Crippen LogP contribution is -2.53. The van der Waals surface area contributed by atoms with Gasteiger partial charge in [0.1, 0.15) is 6.10 Å². The first-order valence-electron chi connectivity index (χ1n) is 8.02. The van der Waals surface area contributed by atoms with Gasteiger partial charge in [0, 0.05) is 31.0 Å². The van der Waals surface area contributed by atoms with Crippen LogP contribution in [0.1, 0.15) is 27.3 Å². The second kappa shape index (κ2) is 6.83. The maximum absolute atomic E-state index is 13.7. The Balaban J connectivity index is 1.72. The van der Waals surface area contributed by atoms with E-state index in [-0.39, 0.29) is 24.2 Å². The molecule has 0 radical (unpaired) electrons. The number of hydrogen-bond donors (Lipinski definition) is 2. The van der Waals surface area contributed by atoms with E-state index in [1.165, 1.54) is 16.8 Å². The number of amides is 2. The fourth-order valence-electron chi connectivity index (χ4n) is 2.75. The smallest absolute Gasteiger partial charge is 0.290 e. The van der Waals surface area contributed by atoms with Crippen molar-refractivity contribution in [1.29, 1.82) is 0 Å². The minimum Gasteiger partial charge on any atom is -0.387 e. The Labute approximate surface area is 148 Å². The summed E-state index contributed by atoms with van der Waals surface area (Å²) in [5.74, 6) is -4.35. The van der Waals surface area contributed by atoms with E-state index in [1.807, 2.05) is 0 Å². The van der Waals surface area contributed by atoms with Crippen molar-refractivity contribution in [3.8, 4) is 0 Å². The zero-order chi connectivity index (χ0) is 18.9. The predicted octanol–water partition coefficient (Wildman–Crippen LogP) is 1.51. The van der Waals surface area contributed by atoms with E-state index in [9.17, 15) is 23.5 Å². The average molecular weight is 364 g/mol. The van der Waals surface area contributed by atoms with Crippen LogP contribution in [0.3, 0.4) is 0 Å². The molecule has 1 atom stereocenters. The van der Waals surface area contributed by atoms with Crippen LogP contribution in [0.25, 0.3) is 0 Å². The summed E-state index contributed by atoms with van der Waals surface area (Å²) in [6, 6.07) is 7.60. The molecule has 26 heavy (non-hydrogen) atoms. The molecule has 1 unspecified atom stereocenters. The number of rotatable bonds is 3. The molecule has 0 saturated carbocycles. The van der Waals surface area contributed by atoms with E-state index in [0.29, 0.717) is 5.69 Å². The molecule has 1 fully saturated rings. The summed E-state index contributed by atoms with van der Waals surface area (Å²) in [6.07, 6.45) is -0.301. The summed E-state index contributed by atoms with van der Waals surface area (Å²) in [4.78, 5) is 25.6. The van der Waals surface area contributed by atoms with E-state index in [0.717, 1.165) is 4.90 Å². The predicted molar refractivity (Wildman–Crippen MR) is 89.1 cm³/mol. The molecule has 9 heteroatoms. The fourth-order valence-corrected chi connectivity index (χ4v) is 2.75. The molecular formula is C17H18F2N4O3. The highest BCUT2D eigenvalue weighted by atomic mass is 19.3. The van der Waals surface area contributed by atoms with Gasteiger partial charge in [-0.05, 0) is 30.7 Å². The van der Waals surface area contributed by atoms with Gasteiger partial charge in [0.25, 0.3) is 17.7 Å². The molecule has 2 heterocycles.